The zero-order chi connectivity index (χ0) is 17.6. The number of hydrogen-bond donors (Lipinski definition) is 0. The minimum absolute atomic E-state index is 0.0836. The summed E-state index contributed by atoms with van der Waals surface area (Å²) < 4.78 is 7.34. The molecule has 1 aliphatic heterocycles. The standard InChI is InChI=1S/C18H23ClN4O2/c1-2-9-22(12-16-4-3-10-25-16)18(24)17-13-23(21-20-17)11-14-5-7-15(19)8-6-14/h5-8,13,16H,2-4,9-12H2,1H3/t16-/m0/s1. The number of benzene rings is 1. The largest absolute Gasteiger partial charge is 0.376 e. The summed E-state index contributed by atoms with van der Waals surface area (Å²) in [7, 11) is 0. The van der Waals surface area contributed by atoms with Gasteiger partial charge >= 0.3 is 0 Å². The first-order valence-electron chi connectivity index (χ1n) is 8.71. The van der Waals surface area contributed by atoms with Crippen LogP contribution in [0.25, 0.3) is 0 Å². The highest BCUT2D eigenvalue weighted by Crippen LogP contribution is 2.15. The van der Waals surface area contributed by atoms with E-state index in [2.05, 4.69) is 17.2 Å². The molecule has 0 N–H and O–H groups in total. The highest BCUT2D eigenvalue weighted by molar-refractivity contribution is 6.30. The lowest BCUT2D eigenvalue weighted by Crippen LogP contribution is -2.38. The average molecular weight is 363 g/mol. The van der Waals surface area contributed by atoms with Crippen LogP contribution in [0.5, 0.6) is 0 Å². The van der Waals surface area contributed by atoms with Crippen molar-refractivity contribution in [1.82, 2.24) is 19.9 Å². The predicted molar refractivity (Wildman–Crippen MR) is 95.7 cm³/mol. The number of amides is 1. The van der Waals surface area contributed by atoms with Gasteiger partial charge in [-0.05, 0) is 37.0 Å². The van der Waals surface area contributed by atoms with Crippen LogP contribution in [0.2, 0.25) is 5.02 Å². The molecule has 1 amide bonds. The normalized spacial score (nSPS) is 17.0. The molecule has 0 spiro atoms. The van der Waals surface area contributed by atoms with Crippen molar-refractivity contribution in [2.24, 2.45) is 0 Å². The minimum atomic E-state index is -0.0836. The van der Waals surface area contributed by atoms with Gasteiger partial charge in [0, 0.05) is 24.7 Å². The van der Waals surface area contributed by atoms with Crippen LogP contribution in [0.4, 0.5) is 0 Å². The van der Waals surface area contributed by atoms with Crippen molar-refractivity contribution in [3.63, 3.8) is 0 Å². The Morgan fingerprint density at radius 2 is 2.20 bits per heavy atom. The summed E-state index contributed by atoms with van der Waals surface area (Å²) in [5.41, 5.74) is 1.43. The first-order valence-corrected chi connectivity index (χ1v) is 9.09. The molecule has 1 atom stereocenters. The van der Waals surface area contributed by atoms with E-state index < -0.39 is 0 Å². The summed E-state index contributed by atoms with van der Waals surface area (Å²) in [6.07, 6.45) is 4.82. The van der Waals surface area contributed by atoms with Crippen molar-refractivity contribution in [1.29, 1.82) is 0 Å². The predicted octanol–water partition coefficient (Wildman–Crippen LogP) is 3.01. The Labute approximate surface area is 152 Å². The molecule has 134 valence electrons. The van der Waals surface area contributed by atoms with Gasteiger partial charge in [0.25, 0.3) is 5.91 Å². The lowest BCUT2D eigenvalue weighted by molar-refractivity contribution is 0.0522. The van der Waals surface area contributed by atoms with Crippen LogP contribution in [-0.4, -0.2) is 51.6 Å². The smallest absolute Gasteiger partial charge is 0.276 e. The van der Waals surface area contributed by atoms with Crippen molar-refractivity contribution < 1.29 is 9.53 Å². The zero-order valence-electron chi connectivity index (χ0n) is 14.4. The number of carbonyl (C=O) groups excluding carboxylic acids is 1. The third-order valence-electron chi connectivity index (χ3n) is 4.24. The fourth-order valence-corrected chi connectivity index (χ4v) is 3.12. The zero-order valence-corrected chi connectivity index (χ0v) is 15.2. The molecule has 6 nitrogen and oxygen atoms in total. The van der Waals surface area contributed by atoms with Crippen LogP contribution in [0.3, 0.4) is 0 Å². The molecule has 1 aromatic heterocycles. The fourth-order valence-electron chi connectivity index (χ4n) is 2.99. The lowest BCUT2D eigenvalue weighted by Gasteiger charge is -2.24. The van der Waals surface area contributed by atoms with E-state index in [-0.39, 0.29) is 12.0 Å². The number of ether oxygens (including phenoxy) is 1. The Kier molecular flexibility index (Phi) is 6.04. The first kappa shape index (κ1) is 17.9. The molecule has 1 aromatic carbocycles. The van der Waals surface area contributed by atoms with Crippen LogP contribution >= 0.6 is 11.6 Å². The second-order valence-electron chi connectivity index (χ2n) is 6.31. The van der Waals surface area contributed by atoms with Crippen molar-refractivity contribution in [3.8, 4) is 0 Å². The van der Waals surface area contributed by atoms with Crippen molar-refractivity contribution in [2.75, 3.05) is 19.7 Å². The van der Waals surface area contributed by atoms with Gasteiger partial charge in [-0.15, -0.1) is 5.10 Å². The monoisotopic (exact) mass is 362 g/mol. The van der Waals surface area contributed by atoms with Crippen molar-refractivity contribution in [3.05, 3.63) is 46.7 Å². The number of hydrogen-bond acceptors (Lipinski definition) is 4. The Morgan fingerprint density at radius 3 is 2.88 bits per heavy atom. The van der Waals surface area contributed by atoms with Gasteiger partial charge in [-0.25, -0.2) is 4.68 Å². The topological polar surface area (TPSA) is 60.2 Å². The number of nitrogens with zero attached hydrogens (tertiary/aromatic N) is 4. The van der Waals surface area contributed by atoms with Crippen molar-refractivity contribution in [2.45, 2.75) is 38.8 Å². The second-order valence-corrected chi connectivity index (χ2v) is 6.75. The molecule has 3 rings (SSSR count). The maximum absolute atomic E-state index is 12.8. The van der Waals surface area contributed by atoms with E-state index >= 15 is 0 Å². The molecule has 1 aliphatic rings. The minimum Gasteiger partial charge on any atom is -0.376 e. The van der Waals surface area contributed by atoms with Crippen LogP contribution in [0.1, 0.15) is 42.2 Å². The average Bonchev–Trinajstić information content (AvgIpc) is 3.28. The molecule has 1 saturated heterocycles. The molecule has 2 aromatic rings. The van der Waals surface area contributed by atoms with E-state index in [0.29, 0.717) is 30.4 Å². The highest BCUT2D eigenvalue weighted by Gasteiger charge is 2.24. The summed E-state index contributed by atoms with van der Waals surface area (Å²) in [6.45, 7) is 4.72. The Balaban J connectivity index is 1.65. The Bertz CT molecular complexity index is 695. The lowest BCUT2D eigenvalue weighted by atomic mass is 10.2. The number of carbonyl (C=O) groups is 1. The molecular formula is C18H23ClN4O2. The van der Waals surface area contributed by atoms with E-state index in [1.165, 1.54) is 0 Å². The highest BCUT2D eigenvalue weighted by atomic mass is 35.5. The van der Waals surface area contributed by atoms with Gasteiger partial charge in [-0.2, -0.15) is 0 Å². The van der Waals surface area contributed by atoms with Gasteiger partial charge < -0.3 is 9.64 Å². The molecule has 0 bridgehead atoms. The summed E-state index contributed by atoms with van der Waals surface area (Å²) in [5, 5.41) is 8.84. The molecule has 7 heteroatoms. The van der Waals surface area contributed by atoms with Gasteiger partial charge in [0.1, 0.15) is 0 Å². The molecule has 2 heterocycles. The fraction of sp³-hybridized carbons (Fsp3) is 0.500. The molecule has 0 radical (unpaired) electrons. The van der Waals surface area contributed by atoms with Crippen molar-refractivity contribution >= 4 is 17.5 Å². The SMILES string of the molecule is CCCN(C[C@@H]1CCCO1)C(=O)c1cn(Cc2ccc(Cl)cc2)nn1. The van der Waals surface area contributed by atoms with Crippen LogP contribution < -0.4 is 0 Å². The maximum Gasteiger partial charge on any atom is 0.276 e. The van der Waals surface area contributed by atoms with Gasteiger partial charge in [-0.3, -0.25) is 4.79 Å². The summed E-state index contributed by atoms with van der Waals surface area (Å²) in [6, 6.07) is 7.55. The van der Waals surface area contributed by atoms with Gasteiger partial charge in [0.05, 0.1) is 18.8 Å². The van der Waals surface area contributed by atoms with Crippen LogP contribution in [0.15, 0.2) is 30.5 Å². The van der Waals surface area contributed by atoms with E-state index in [1.807, 2.05) is 29.2 Å². The van der Waals surface area contributed by atoms with E-state index in [1.54, 1.807) is 10.9 Å². The summed E-state index contributed by atoms with van der Waals surface area (Å²) >= 11 is 5.90. The third kappa shape index (κ3) is 4.80. The number of rotatable bonds is 7. The van der Waals surface area contributed by atoms with E-state index in [9.17, 15) is 4.79 Å². The van der Waals surface area contributed by atoms with Crippen LogP contribution in [-0.2, 0) is 11.3 Å². The molecule has 25 heavy (non-hydrogen) atoms. The second kappa shape index (κ2) is 8.45. The van der Waals surface area contributed by atoms with Crippen LogP contribution in [0, 0.1) is 0 Å². The van der Waals surface area contributed by atoms with Gasteiger partial charge in [-0.1, -0.05) is 35.9 Å². The molecule has 0 saturated carbocycles. The number of halogens is 1. The van der Waals surface area contributed by atoms with E-state index in [0.717, 1.165) is 31.4 Å². The number of aromatic nitrogens is 3. The Hall–Kier alpha value is -1.92. The summed E-state index contributed by atoms with van der Waals surface area (Å²) in [4.78, 5) is 14.6. The third-order valence-corrected chi connectivity index (χ3v) is 4.50. The molecule has 0 unspecified atom stereocenters. The first-order chi connectivity index (χ1) is 12.2. The van der Waals surface area contributed by atoms with Gasteiger partial charge in [0.2, 0.25) is 0 Å². The van der Waals surface area contributed by atoms with E-state index in [4.69, 9.17) is 16.3 Å². The molecular weight excluding hydrogens is 340 g/mol. The quantitative estimate of drug-likeness (QED) is 0.759. The maximum atomic E-state index is 12.8. The molecule has 1 fully saturated rings. The Morgan fingerprint density at radius 1 is 1.40 bits per heavy atom. The summed E-state index contributed by atoms with van der Waals surface area (Å²) in [5.74, 6) is -0.0836. The van der Waals surface area contributed by atoms with Gasteiger partial charge in [0.15, 0.2) is 5.69 Å². The molecule has 0 aliphatic carbocycles.